The van der Waals surface area contributed by atoms with Crippen LogP contribution in [0.2, 0.25) is 0 Å². The fraction of sp³-hybridized carbons (Fsp3) is 0.971. The van der Waals surface area contributed by atoms with Gasteiger partial charge in [0, 0.05) is 13.0 Å². The van der Waals surface area contributed by atoms with E-state index in [2.05, 4.69) is 13.8 Å². The molecule has 0 heterocycles. The lowest BCUT2D eigenvalue weighted by Crippen LogP contribution is -2.37. The topological polar surface area (TPSA) is 94.1 Å². The van der Waals surface area contributed by atoms with E-state index in [4.69, 9.17) is 18.5 Å². The molecule has 0 rings (SSSR count). The largest absolute Gasteiger partial charge is 0.756 e. The van der Waals surface area contributed by atoms with Gasteiger partial charge in [0.2, 0.25) is 0 Å². The maximum absolute atomic E-state index is 12.5. The highest BCUT2D eigenvalue weighted by Gasteiger charge is 2.20. The average Bonchev–Trinajstić information content (AvgIpc) is 2.94. The molecule has 0 aliphatic heterocycles. The molecule has 0 N–H and O–H groups in total. The molecule has 0 amide bonds. The van der Waals surface area contributed by atoms with Crippen LogP contribution in [0, 0.1) is 0 Å². The van der Waals surface area contributed by atoms with E-state index in [1.165, 1.54) is 103 Å². The van der Waals surface area contributed by atoms with Crippen LogP contribution in [0.25, 0.3) is 0 Å². The highest BCUT2D eigenvalue weighted by molar-refractivity contribution is 7.45. The number of quaternary nitrogens is 1. The van der Waals surface area contributed by atoms with Gasteiger partial charge in [-0.1, -0.05) is 136 Å². The zero-order chi connectivity index (χ0) is 32.1. The summed E-state index contributed by atoms with van der Waals surface area (Å²) in [5, 5.41) is 0. The lowest BCUT2D eigenvalue weighted by atomic mass is 10.0. The van der Waals surface area contributed by atoms with Crippen LogP contribution in [0.1, 0.15) is 155 Å². The van der Waals surface area contributed by atoms with Gasteiger partial charge in [0.25, 0.3) is 7.82 Å². The van der Waals surface area contributed by atoms with Crippen molar-refractivity contribution in [1.29, 1.82) is 0 Å². The number of esters is 1. The van der Waals surface area contributed by atoms with E-state index in [1.807, 2.05) is 21.1 Å². The molecule has 0 saturated carbocycles. The molecular weight excluding hydrogens is 565 g/mol. The van der Waals surface area contributed by atoms with Gasteiger partial charge in [-0.05, 0) is 12.8 Å². The fourth-order valence-electron chi connectivity index (χ4n) is 4.84. The van der Waals surface area contributed by atoms with Gasteiger partial charge in [0.05, 0.1) is 34.4 Å². The summed E-state index contributed by atoms with van der Waals surface area (Å²) < 4.78 is 34.3. The molecule has 0 aliphatic rings. The van der Waals surface area contributed by atoms with Gasteiger partial charge >= 0.3 is 5.97 Å². The third kappa shape index (κ3) is 32.7. The van der Waals surface area contributed by atoms with Gasteiger partial charge in [0.1, 0.15) is 19.3 Å². The van der Waals surface area contributed by atoms with Crippen molar-refractivity contribution in [3.63, 3.8) is 0 Å². The smallest absolute Gasteiger partial charge is 0.306 e. The first-order valence-electron chi connectivity index (χ1n) is 17.8. The Morgan fingerprint density at radius 2 is 1.07 bits per heavy atom. The number of likely N-dealkylation sites (N-methyl/N-ethyl adjacent to an activating group) is 1. The number of carbonyl (C=O) groups excluding carboxylic acids is 1. The molecule has 43 heavy (non-hydrogen) atoms. The number of hydrogen-bond donors (Lipinski definition) is 0. The third-order valence-corrected chi connectivity index (χ3v) is 8.62. The molecule has 258 valence electrons. The third-order valence-electron chi connectivity index (χ3n) is 7.66. The summed E-state index contributed by atoms with van der Waals surface area (Å²) in [6, 6.07) is 0. The summed E-state index contributed by atoms with van der Waals surface area (Å²) in [5.41, 5.74) is 0. The maximum atomic E-state index is 12.5. The maximum Gasteiger partial charge on any atom is 0.306 e. The lowest BCUT2D eigenvalue weighted by molar-refractivity contribution is -0.870. The van der Waals surface area contributed by atoms with E-state index in [0.29, 0.717) is 24.1 Å². The molecule has 0 aromatic rings. The Morgan fingerprint density at radius 1 is 0.628 bits per heavy atom. The van der Waals surface area contributed by atoms with Crippen molar-refractivity contribution in [3.05, 3.63) is 0 Å². The van der Waals surface area contributed by atoms with Crippen molar-refractivity contribution < 1.29 is 37.3 Å². The van der Waals surface area contributed by atoms with Crippen molar-refractivity contribution in [1.82, 2.24) is 0 Å². The molecule has 0 fully saturated rings. The average molecular weight is 636 g/mol. The minimum atomic E-state index is -4.50. The Balaban J connectivity index is 4.28. The van der Waals surface area contributed by atoms with Gasteiger partial charge in [0.15, 0.2) is 0 Å². The molecule has 2 atom stereocenters. The van der Waals surface area contributed by atoms with E-state index in [9.17, 15) is 14.3 Å². The van der Waals surface area contributed by atoms with Crippen molar-refractivity contribution >= 4 is 13.8 Å². The Morgan fingerprint density at radius 3 is 1.53 bits per heavy atom. The van der Waals surface area contributed by atoms with Crippen LogP contribution in [0.3, 0.4) is 0 Å². The molecular formula is C34H70NO7P. The van der Waals surface area contributed by atoms with Crippen LogP contribution in [0.15, 0.2) is 0 Å². The van der Waals surface area contributed by atoms with Gasteiger partial charge in [-0.3, -0.25) is 9.36 Å². The Kier molecular flexibility index (Phi) is 28.6. The summed E-state index contributed by atoms with van der Waals surface area (Å²) in [6.45, 7) is 5.40. The standard InChI is InChI=1S/C34H70NO7P/c1-6-8-10-12-14-16-17-18-19-20-21-23-25-27-34(36)42-33(31-39-29-26-24-22-15-13-11-9-7-2)32-41-43(37,38)40-30-28-35(3,4)5/h33H,6-32H2,1-5H3. The molecule has 0 saturated heterocycles. The number of hydrogen-bond acceptors (Lipinski definition) is 7. The van der Waals surface area contributed by atoms with E-state index >= 15 is 0 Å². The van der Waals surface area contributed by atoms with Crippen molar-refractivity contribution in [2.24, 2.45) is 0 Å². The number of ether oxygens (including phenoxy) is 2. The molecule has 0 bridgehead atoms. The summed E-state index contributed by atoms with van der Waals surface area (Å²) in [7, 11) is 1.37. The number of phosphoric ester groups is 1. The molecule has 0 aromatic heterocycles. The number of unbranched alkanes of at least 4 members (excludes halogenated alkanes) is 19. The first-order valence-corrected chi connectivity index (χ1v) is 19.2. The molecule has 0 aromatic carbocycles. The Labute approximate surface area is 266 Å². The van der Waals surface area contributed by atoms with Gasteiger partial charge in [-0.15, -0.1) is 0 Å². The summed E-state index contributed by atoms with van der Waals surface area (Å²) in [4.78, 5) is 24.8. The fourth-order valence-corrected chi connectivity index (χ4v) is 5.57. The lowest BCUT2D eigenvalue weighted by Gasteiger charge is -2.28. The summed E-state index contributed by atoms with van der Waals surface area (Å²) in [5.74, 6) is -0.334. The van der Waals surface area contributed by atoms with Crippen LogP contribution < -0.4 is 4.89 Å². The zero-order valence-electron chi connectivity index (χ0n) is 28.9. The van der Waals surface area contributed by atoms with E-state index in [0.717, 1.165) is 32.1 Å². The summed E-state index contributed by atoms with van der Waals surface area (Å²) in [6.07, 6.45) is 25.3. The normalized spacial score (nSPS) is 14.1. The van der Waals surface area contributed by atoms with Crippen LogP contribution in [0.5, 0.6) is 0 Å². The first-order chi connectivity index (χ1) is 20.6. The van der Waals surface area contributed by atoms with E-state index in [1.54, 1.807) is 0 Å². The second kappa shape index (κ2) is 28.9. The van der Waals surface area contributed by atoms with Crippen LogP contribution in [-0.2, 0) is 27.9 Å². The Bertz CT molecular complexity index is 672. The highest BCUT2D eigenvalue weighted by atomic mass is 31.2. The van der Waals surface area contributed by atoms with Gasteiger partial charge < -0.3 is 27.9 Å². The van der Waals surface area contributed by atoms with E-state index < -0.39 is 13.9 Å². The predicted molar refractivity (Wildman–Crippen MR) is 176 cm³/mol. The van der Waals surface area contributed by atoms with Crippen molar-refractivity contribution in [2.75, 3.05) is 54.1 Å². The minimum absolute atomic E-state index is 0.0305. The van der Waals surface area contributed by atoms with Gasteiger partial charge in [-0.25, -0.2) is 0 Å². The first kappa shape index (κ1) is 42.5. The Hall–Kier alpha value is -0.500. The molecule has 2 unspecified atom stereocenters. The minimum Gasteiger partial charge on any atom is -0.756 e. The second-order valence-electron chi connectivity index (χ2n) is 13.2. The second-order valence-corrected chi connectivity index (χ2v) is 14.7. The number of carbonyl (C=O) groups is 1. The molecule has 0 radical (unpaired) electrons. The number of rotatable bonds is 33. The quantitative estimate of drug-likeness (QED) is 0.0308. The molecule has 8 nitrogen and oxygen atoms in total. The SMILES string of the molecule is CCCCCCCCCCCCCCCC(=O)OC(COCCCCCCCCCC)COP(=O)([O-])OCC[N+](C)(C)C. The number of nitrogens with zero attached hydrogens (tertiary/aromatic N) is 1. The molecule has 9 heteroatoms. The predicted octanol–water partition coefficient (Wildman–Crippen LogP) is 8.74. The molecule has 0 spiro atoms. The van der Waals surface area contributed by atoms with Gasteiger partial charge in [-0.2, -0.15) is 0 Å². The van der Waals surface area contributed by atoms with Crippen LogP contribution in [0.4, 0.5) is 0 Å². The van der Waals surface area contributed by atoms with Crippen LogP contribution in [-0.4, -0.2) is 70.7 Å². The van der Waals surface area contributed by atoms with Crippen molar-refractivity contribution in [3.8, 4) is 0 Å². The highest BCUT2D eigenvalue weighted by Crippen LogP contribution is 2.38. The molecule has 0 aliphatic carbocycles. The van der Waals surface area contributed by atoms with Crippen molar-refractivity contribution in [2.45, 2.75) is 161 Å². The van der Waals surface area contributed by atoms with E-state index in [-0.39, 0.29) is 25.8 Å². The summed E-state index contributed by atoms with van der Waals surface area (Å²) >= 11 is 0. The van der Waals surface area contributed by atoms with Crippen LogP contribution >= 0.6 is 7.82 Å². The zero-order valence-corrected chi connectivity index (χ0v) is 29.8. The monoisotopic (exact) mass is 635 g/mol. The number of phosphoric acid groups is 1.